The zero-order chi connectivity index (χ0) is 27.3. The molecule has 39 heavy (non-hydrogen) atoms. The molecule has 0 unspecified atom stereocenters. The summed E-state index contributed by atoms with van der Waals surface area (Å²) in [4.78, 5) is 25.7. The van der Waals surface area contributed by atoms with Crippen LogP contribution in [0, 0.1) is 0 Å². The Kier molecular flexibility index (Phi) is 6.75. The normalized spacial score (nSPS) is 14.8. The van der Waals surface area contributed by atoms with Gasteiger partial charge in [-0.2, -0.15) is 0 Å². The predicted octanol–water partition coefficient (Wildman–Crippen LogP) is 8.07. The smallest absolute Gasteiger partial charge is 0.335 e. The molecule has 4 aromatic rings. The Labute approximate surface area is 238 Å². The Morgan fingerprint density at radius 3 is 2.44 bits per heavy atom. The van der Waals surface area contributed by atoms with Crippen molar-refractivity contribution in [1.82, 2.24) is 5.16 Å². The predicted molar refractivity (Wildman–Crippen MR) is 149 cm³/mol. The number of fused-ring (bicyclic) bond motifs is 1. The van der Waals surface area contributed by atoms with Crippen molar-refractivity contribution >= 4 is 58.1 Å². The van der Waals surface area contributed by atoms with Gasteiger partial charge in [0.05, 0.1) is 37.6 Å². The number of hydrogen-bond acceptors (Lipinski definition) is 5. The van der Waals surface area contributed by atoms with Crippen LogP contribution in [0.3, 0.4) is 0 Å². The van der Waals surface area contributed by atoms with Crippen molar-refractivity contribution in [1.29, 1.82) is 0 Å². The van der Waals surface area contributed by atoms with E-state index in [1.165, 1.54) is 17.0 Å². The van der Waals surface area contributed by atoms with E-state index in [-0.39, 0.29) is 29.5 Å². The maximum atomic E-state index is 12.9. The highest BCUT2D eigenvalue weighted by atomic mass is 35.5. The molecule has 1 amide bonds. The zero-order valence-electron chi connectivity index (χ0n) is 20.4. The number of rotatable bonds is 7. The number of nitrogens with zero attached hydrogens (tertiary/aromatic N) is 2. The van der Waals surface area contributed by atoms with Gasteiger partial charge in [-0.15, -0.1) is 0 Å². The number of carbonyl (C=O) groups is 2. The summed E-state index contributed by atoms with van der Waals surface area (Å²) in [6.45, 7) is 0.204. The van der Waals surface area contributed by atoms with Gasteiger partial charge in [-0.25, -0.2) is 4.79 Å². The third-order valence-electron chi connectivity index (χ3n) is 6.93. The van der Waals surface area contributed by atoms with Crippen LogP contribution in [0.4, 0.5) is 11.4 Å². The lowest BCUT2D eigenvalue weighted by Gasteiger charge is -2.30. The molecule has 0 bridgehead atoms. The minimum Gasteiger partial charge on any atom is -0.489 e. The third-order valence-corrected chi connectivity index (χ3v) is 7.87. The van der Waals surface area contributed by atoms with Gasteiger partial charge in [-0.3, -0.25) is 9.69 Å². The fourth-order valence-electron chi connectivity index (χ4n) is 4.85. The molecule has 0 spiro atoms. The largest absolute Gasteiger partial charge is 0.489 e. The van der Waals surface area contributed by atoms with Gasteiger partial charge in [-0.1, -0.05) is 46.0 Å². The lowest BCUT2D eigenvalue weighted by molar-refractivity contribution is -0.118. The molecular weight excluding hydrogens is 563 g/mol. The SMILES string of the molecule is O=C(O)c1ccc(N2C(=O)CCc3cc(OCc4c(-c5c(Cl)cccc5Cl)noc4C4CC4)ccc32)c(Cl)c1. The number of hydrogen-bond donors (Lipinski definition) is 1. The number of aryl methyl sites for hydroxylation is 1. The quantitative estimate of drug-likeness (QED) is 0.236. The highest BCUT2D eigenvalue weighted by Gasteiger charge is 2.34. The zero-order valence-corrected chi connectivity index (χ0v) is 22.7. The maximum absolute atomic E-state index is 12.9. The van der Waals surface area contributed by atoms with Crippen molar-refractivity contribution in [3.63, 3.8) is 0 Å². The fraction of sp³-hybridized carbons (Fsp3) is 0.207. The molecule has 0 saturated heterocycles. The van der Waals surface area contributed by atoms with Crippen LogP contribution >= 0.6 is 34.8 Å². The average Bonchev–Trinajstić information content (AvgIpc) is 3.67. The van der Waals surface area contributed by atoms with Gasteiger partial charge in [0.15, 0.2) is 0 Å². The average molecular weight is 584 g/mol. The molecule has 2 aliphatic rings. The Morgan fingerprint density at radius 2 is 1.74 bits per heavy atom. The number of aromatic nitrogens is 1. The molecule has 0 atom stereocenters. The van der Waals surface area contributed by atoms with E-state index in [0.717, 1.165) is 29.7 Å². The number of carboxylic acids is 1. The highest BCUT2D eigenvalue weighted by Crippen LogP contribution is 2.46. The number of anilines is 2. The van der Waals surface area contributed by atoms with Crippen molar-refractivity contribution in [2.24, 2.45) is 0 Å². The van der Waals surface area contributed by atoms with Gasteiger partial charge >= 0.3 is 5.97 Å². The summed E-state index contributed by atoms with van der Waals surface area (Å²) in [6, 6.07) is 15.1. The summed E-state index contributed by atoms with van der Waals surface area (Å²) in [5.74, 6) is 0.491. The first kappa shape index (κ1) is 25.7. The number of halogens is 3. The minimum absolute atomic E-state index is 0.0499. The van der Waals surface area contributed by atoms with Crippen molar-refractivity contribution in [3.8, 4) is 17.0 Å². The molecule has 2 heterocycles. The second kappa shape index (κ2) is 10.2. The summed E-state index contributed by atoms with van der Waals surface area (Å²) in [5.41, 5.74) is 4.06. The molecule has 7 nitrogen and oxygen atoms in total. The summed E-state index contributed by atoms with van der Waals surface area (Å²) in [6.07, 6.45) is 2.86. The van der Waals surface area contributed by atoms with E-state index in [1.54, 1.807) is 30.3 Å². The van der Waals surface area contributed by atoms with Crippen molar-refractivity contribution in [2.45, 2.75) is 38.2 Å². The Balaban J connectivity index is 1.30. The summed E-state index contributed by atoms with van der Waals surface area (Å²) < 4.78 is 12.0. The Bertz CT molecular complexity index is 1610. The summed E-state index contributed by atoms with van der Waals surface area (Å²) >= 11 is 19.3. The monoisotopic (exact) mass is 582 g/mol. The molecule has 198 valence electrons. The maximum Gasteiger partial charge on any atom is 0.335 e. The van der Waals surface area contributed by atoms with Gasteiger partial charge in [0.25, 0.3) is 0 Å². The van der Waals surface area contributed by atoms with Gasteiger partial charge in [-0.05, 0) is 73.4 Å². The second-order valence-corrected chi connectivity index (χ2v) is 10.7. The lowest BCUT2D eigenvalue weighted by atomic mass is 9.99. The minimum atomic E-state index is -1.09. The number of ether oxygens (including phenoxy) is 1. The molecule has 6 rings (SSSR count). The van der Waals surface area contributed by atoms with Crippen LogP contribution in [0.2, 0.25) is 15.1 Å². The summed E-state index contributed by atoms with van der Waals surface area (Å²) in [7, 11) is 0. The summed E-state index contributed by atoms with van der Waals surface area (Å²) in [5, 5.41) is 14.7. The van der Waals surface area contributed by atoms with Gasteiger partial charge < -0.3 is 14.4 Å². The van der Waals surface area contributed by atoms with Gasteiger partial charge in [0.1, 0.15) is 23.8 Å². The van der Waals surface area contributed by atoms with E-state index in [9.17, 15) is 14.7 Å². The van der Waals surface area contributed by atoms with Crippen LogP contribution in [0.25, 0.3) is 11.3 Å². The standard InChI is InChI=1S/C29H21Cl3N2O5/c30-20-2-1-3-21(31)26(20)27-19(28(39-33-27)15-4-5-15)14-38-18-8-10-23-16(12-18)7-11-25(35)34(23)24-9-6-17(29(36)37)13-22(24)32/h1-3,6,8-10,12-13,15H,4-5,7,11,14H2,(H,36,37). The van der Waals surface area contributed by atoms with Gasteiger partial charge in [0.2, 0.25) is 5.91 Å². The number of benzene rings is 3. The van der Waals surface area contributed by atoms with E-state index >= 15 is 0 Å². The van der Waals surface area contributed by atoms with Crippen LogP contribution in [0.15, 0.2) is 59.1 Å². The number of carboxylic acid groups (broad SMARTS) is 1. The van der Waals surface area contributed by atoms with E-state index in [2.05, 4.69) is 5.16 Å². The Morgan fingerprint density at radius 1 is 1.00 bits per heavy atom. The van der Waals surface area contributed by atoms with E-state index in [4.69, 9.17) is 44.1 Å². The van der Waals surface area contributed by atoms with Crippen LogP contribution in [-0.2, 0) is 17.8 Å². The molecule has 1 aliphatic heterocycles. The van der Waals surface area contributed by atoms with E-state index in [1.807, 2.05) is 12.1 Å². The molecule has 3 aromatic carbocycles. The van der Waals surface area contributed by atoms with Crippen LogP contribution in [0.5, 0.6) is 5.75 Å². The van der Waals surface area contributed by atoms with E-state index in [0.29, 0.717) is 50.8 Å². The van der Waals surface area contributed by atoms with Crippen molar-refractivity contribution < 1.29 is 24.0 Å². The lowest BCUT2D eigenvalue weighted by Crippen LogP contribution is -2.31. The number of carbonyl (C=O) groups excluding carboxylic acids is 1. The van der Waals surface area contributed by atoms with Crippen LogP contribution < -0.4 is 9.64 Å². The third kappa shape index (κ3) is 4.86. The van der Waals surface area contributed by atoms with Crippen LogP contribution in [-0.4, -0.2) is 22.1 Å². The first-order valence-corrected chi connectivity index (χ1v) is 13.5. The Hall–Kier alpha value is -3.52. The second-order valence-electron chi connectivity index (χ2n) is 9.52. The topological polar surface area (TPSA) is 92.9 Å². The first-order valence-electron chi connectivity index (χ1n) is 12.4. The molecule has 0 radical (unpaired) electrons. The van der Waals surface area contributed by atoms with Crippen molar-refractivity contribution in [2.75, 3.05) is 4.90 Å². The van der Waals surface area contributed by atoms with Crippen molar-refractivity contribution in [3.05, 3.63) is 92.1 Å². The molecule has 1 aromatic heterocycles. The molecule has 1 aliphatic carbocycles. The number of amides is 1. The molecule has 1 N–H and O–H groups in total. The molecule has 10 heteroatoms. The number of aromatic carboxylic acids is 1. The molecule has 1 fully saturated rings. The fourth-order valence-corrected chi connectivity index (χ4v) is 5.69. The van der Waals surface area contributed by atoms with E-state index < -0.39 is 5.97 Å². The molecule has 1 saturated carbocycles. The highest BCUT2D eigenvalue weighted by molar-refractivity contribution is 6.39. The first-order chi connectivity index (χ1) is 18.8. The molecular formula is C29H21Cl3N2O5. The van der Waals surface area contributed by atoms with Gasteiger partial charge in [0, 0.05) is 17.9 Å². The van der Waals surface area contributed by atoms with Crippen LogP contribution in [0.1, 0.15) is 52.4 Å².